The molecule has 90 valence electrons. The molecule has 0 N–H and O–H groups in total. The minimum atomic E-state index is -0.405. The van der Waals surface area contributed by atoms with Crippen LogP contribution in [0.3, 0.4) is 0 Å². The Morgan fingerprint density at radius 1 is 1.25 bits per heavy atom. The van der Waals surface area contributed by atoms with E-state index in [9.17, 15) is 4.79 Å². The summed E-state index contributed by atoms with van der Waals surface area (Å²) in [7, 11) is 0. The van der Waals surface area contributed by atoms with Crippen LogP contribution in [0.5, 0.6) is 0 Å². The number of aldehydes is 1. The number of allylic oxidation sites excluding steroid dienone is 5. The molecule has 0 rings (SSSR count). The van der Waals surface area contributed by atoms with E-state index in [4.69, 9.17) is 0 Å². The zero-order chi connectivity index (χ0) is 12.6. The van der Waals surface area contributed by atoms with Crippen molar-refractivity contribution in [3.8, 4) is 0 Å². The van der Waals surface area contributed by atoms with Crippen molar-refractivity contribution in [2.45, 2.75) is 47.0 Å². The van der Waals surface area contributed by atoms with Crippen LogP contribution in [-0.4, -0.2) is 6.29 Å². The Kier molecular flexibility index (Phi) is 6.71. The summed E-state index contributed by atoms with van der Waals surface area (Å²) in [6.07, 6.45) is 9.98. The molecule has 16 heavy (non-hydrogen) atoms. The minimum Gasteiger partial charge on any atom is -0.302 e. The highest BCUT2D eigenvalue weighted by Gasteiger charge is 2.16. The first kappa shape index (κ1) is 14.9. The van der Waals surface area contributed by atoms with Crippen LogP contribution in [0, 0.1) is 5.41 Å². The lowest BCUT2D eigenvalue weighted by Crippen LogP contribution is -2.13. The Morgan fingerprint density at radius 2 is 1.88 bits per heavy atom. The molecular formula is C15H24O. The summed E-state index contributed by atoms with van der Waals surface area (Å²) in [5, 5.41) is 0. The topological polar surface area (TPSA) is 17.1 Å². The summed E-state index contributed by atoms with van der Waals surface area (Å²) >= 11 is 0. The van der Waals surface area contributed by atoms with Gasteiger partial charge in [-0.2, -0.15) is 0 Å². The molecule has 0 aromatic heterocycles. The normalized spacial score (nSPS) is 15.1. The van der Waals surface area contributed by atoms with Gasteiger partial charge < -0.3 is 4.79 Å². The standard InChI is InChI=1S/C15H24O/c1-6-15(5,12-16)11-10-14(4)9-7-8-13(2)3/h6,8,10,12H,1,7,9,11H2,2-5H3/b14-10+/t15-/m1/s1. The maximum atomic E-state index is 10.9. The fraction of sp³-hybridized carbons (Fsp3) is 0.533. The highest BCUT2D eigenvalue weighted by molar-refractivity contribution is 5.62. The van der Waals surface area contributed by atoms with Crippen molar-refractivity contribution in [3.63, 3.8) is 0 Å². The van der Waals surface area contributed by atoms with Crippen molar-refractivity contribution >= 4 is 6.29 Å². The minimum absolute atomic E-state index is 0.405. The smallest absolute Gasteiger partial charge is 0.129 e. The van der Waals surface area contributed by atoms with Gasteiger partial charge in [0.2, 0.25) is 0 Å². The van der Waals surface area contributed by atoms with Crippen LogP contribution < -0.4 is 0 Å². The van der Waals surface area contributed by atoms with Crippen LogP contribution in [0.25, 0.3) is 0 Å². The van der Waals surface area contributed by atoms with Gasteiger partial charge in [-0.15, -0.1) is 6.58 Å². The lowest BCUT2D eigenvalue weighted by Gasteiger charge is -2.15. The molecule has 0 aromatic carbocycles. The molecule has 0 unspecified atom stereocenters. The SMILES string of the molecule is C=C[C@@](C)(C=O)C/C=C(\C)CCC=C(C)C. The van der Waals surface area contributed by atoms with Crippen LogP contribution in [0.2, 0.25) is 0 Å². The second kappa shape index (κ2) is 7.21. The van der Waals surface area contributed by atoms with Gasteiger partial charge in [0.15, 0.2) is 0 Å². The van der Waals surface area contributed by atoms with Crippen molar-refractivity contribution in [3.05, 3.63) is 36.0 Å². The van der Waals surface area contributed by atoms with E-state index in [1.807, 2.05) is 6.92 Å². The van der Waals surface area contributed by atoms with E-state index in [0.29, 0.717) is 0 Å². The van der Waals surface area contributed by atoms with Gasteiger partial charge in [0, 0.05) is 5.41 Å². The third-order valence-electron chi connectivity index (χ3n) is 2.72. The molecule has 0 heterocycles. The first-order valence-electron chi connectivity index (χ1n) is 5.82. The number of rotatable bonds is 7. The fourth-order valence-corrected chi connectivity index (χ4v) is 1.26. The molecule has 0 bridgehead atoms. The van der Waals surface area contributed by atoms with Crippen molar-refractivity contribution < 1.29 is 4.79 Å². The highest BCUT2D eigenvalue weighted by atomic mass is 16.1. The Labute approximate surface area is 99.9 Å². The molecule has 0 radical (unpaired) electrons. The first-order chi connectivity index (χ1) is 7.43. The predicted octanol–water partition coefficient (Wildman–Crippen LogP) is 4.46. The van der Waals surface area contributed by atoms with Crippen LogP contribution in [-0.2, 0) is 4.79 Å². The van der Waals surface area contributed by atoms with E-state index >= 15 is 0 Å². The van der Waals surface area contributed by atoms with Crippen molar-refractivity contribution in [2.75, 3.05) is 0 Å². The lowest BCUT2D eigenvalue weighted by molar-refractivity contribution is -0.113. The molecule has 0 aromatic rings. The van der Waals surface area contributed by atoms with Gasteiger partial charge in [0.1, 0.15) is 6.29 Å². The van der Waals surface area contributed by atoms with Crippen molar-refractivity contribution in [2.24, 2.45) is 5.41 Å². The Balaban J connectivity index is 4.18. The van der Waals surface area contributed by atoms with E-state index in [0.717, 1.165) is 25.5 Å². The second-order valence-corrected chi connectivity index (χ2v) is 4.90. The average molecular weight is 220 g/mol. The molecule has 0 fully saturated rings. The third kappa shape index (κ3) is 6.39. The number of hydrogen-bond acceptors (Lipinski definition) is 1. The summed E-state index contributed by atoms with van der Waals surface area (Å²) in [4.78, 5) is 10.9. The van der Waals surface area contributed by atoms with Crippen LogP contribution in [0.4, 0.5) is 0 Å². The predicted molar refractivity (Wildman–Crippen MR) is 71.4 cm³/mol. The van der Waals surface area contributed by atoms with Crippen LogP contribution in [0.1, 0.15) is 47.0 Å². The molecule has 0 aliphatic rings. The largest absolute Gasteiger partial charge is 0.302 e. The van der Waals surface area contributed by atoms with Crippen LogP contribution >= 0.6 is 0 Å². The fourth-order valence-electron chi connectivity index (χ4n) is 1.26. The molecule has 0 amide bonds. The molecule has 0 saturated carbocycles. The number of carbonyl (C=O) groups is 1. The van der Waals surface area contributed by atoms with Gasteiger partial charge in [0.25, 0.3) is 0 Å². The molecule has 0 aliphatic carbocycles. The maximum absolute atomic E-state index is 10.9. The van der Waals surface area contributed by atoms with Crippen molar-refractivity contribution in [1.82, 2.24) is 0 Å². The quantitative estimate of drug-likeness (QED) is 0.457. The van der Waals surface area contributed by atoms with E-state index < -0.39 is 5.41 Å². The van der Waals surface area contributed by atoms with Crippen LogP contribution in [0.15, 0.2) is 36.0 Å². The summed E-state index contributed by atoms with van der Waals surface area (Å²) in [6.45, 7) is 11.9. The van der Waals surface area contributed by atoms with E-state index in [-0.39, 0.29) is 0 Å². The summed E-state index contributed by atoms with van der Waals surface area (Å²) in [5.74, 6) is 0. The van der Waals surface area contributed by atoms with Gasteiger partial charge in [-0.3, -0.25) is 0 Å². The average Bonchev–Trinajstić information content (AvgIpc) is 2.25. The van der Waals surface area contributed by atoms with Gasteiger partial charge in [-0.25, -0.2) is 0 Å². The maximum Gasteiger partial charge on any atom is 0.129 e. The summed E-state index contributed by atoms with van der Waals surface area (Å²) in [6, 6.07) is 0. The number of carbonyl (C=O) groups excluding carboxylic acids is 1. The zero-order valence-electron chi connectivity index (χ0n) is 11.0. The van der Waals surface area contributed by atoms with E-state index in [1.165, 1.54) is 11.1 Å². The van der Waals surface area contributed by atoms with E-state index in [2.05, 4.69) is 39.5 Å². The summed E-state index contributed by atoms with van der Waals surface area (Å²) in [5.41, 5.74) is 2.29. The molecule has 1 heteroatoms. The van der Waals surface area contributed by atoms with Gasteiger partial charge >= 0.3 is 0 Å². The lowest BCUT2D eigenvalue weighted by atomic mass is 9.88. The Bertz CT molecular complexity index is 283. The molecule has 0 spiro atoms. The van der Waals surface area contributed by atoms with E-state index in [1.54, 1.807) is 6.08 Å². The molecule has 1 nitrogen and oxygen atoms in total. The highest BCUT2D eigenvalue weighted by Crippen LogP contribution is 2.21. The van der Waals surface area contributed by atoms with Crippen molar-refractivity contribution in [1.29, 1.82) is 0 Å². The van der Waals surface area contributed by atoms with Gasteiger partial charge in [-0.05, 0) is 47.0 Å². The monoisotopic (exact) mass is 220 g/mol. The zero-order valence-corrected chi connectivity index (χ0v) is 11.0. The first-order valence-corrected chi connectivity index (χ1v) is 5.82. The molecule has 1 atom stereocenters. The Morgan fingerprint density at radius 3 is 2.31 bits per heavy atom. The van der Waals surface area contributed by atoms with Gasteiger partial charge in [-0.1, -0.05) is 29.4 Å². The summed E-state index contributed by atoms with van der Waals surface area (Å²) < 4.78 is 0. The third-order valence-corrected chi connectivity index (χ3v) is 2.72. The van der Waals surface area contributed by atoms with Gasteiger partial charge in [0.05, 0.1) is 0 Å². The number of hydrogen-bond donors (Lipinski definition) is 0. The molecule has 0 aliphatic heterocycles. The Hall–Kier alpha value is -1.11. The molecule has 0 saturated heterocycles. The second-order valence-electron chi connectivity index (χ2n) is 4.90. The molecular weight excluding hydrogens is 196 g/mol.